The molecule has 598 valence electrons. The maximum atomic E-state index is 14.4. The number of ketones is 1. The van der Waals surface area contributed by atoms with Gasteiger partial charge in [0.2, 0.25) is 0 Å². The Bertz CT molecular complexity index is 2850. The molecule has 5 N–H and O–H groups in total. The van der Waals surface area contributed by atoms with Crippen molar-refractivity contribution in [3.05, 3.63) is 37.3 Å². The van der Waals surface area contributed by atoms with Gasteiger partial charge in [-0.2, -0.15) is 13.6 Å². The number of benzene rings is 1. The second-order valence-corrected chi connectivity index (χ2v) is 54.3. The van der Waals surface area contributed by atoms with Gasteiger partial charge in [-0.1, -0.05) is 101 Å². The van der Waals surface area contributed by atoms with E-state index in [0.29, 0.717) is 75.5 Å². The number of hydrogen-bond acceptors (Lipinski definition) is 9. The van der Waals surface area contributed by atoms with Crippen LogP contribution in [0, 0.1) is 123 Å². The van der Waals surface area contributed by atoms with Gasteiger partial charge in [-0.05, 0) is 407 Å². The van der Waals surface area contributed by atoms with E-state index in [9.17, 15) is 33.6 Å². The Morgan fingerprint density at radius 3 is 1.33 bits per heavy atom. The number of ether oxygens (including phenoxy) is 1. The standard InChI is InChI=1S/C37H58O4S.C31H54O2.C8H14O.C7H12O.C4H9.C3H9IS.CH4O.Li/c1-25-15-19-37(39,20-16-25)24-33(42(40,41)28-9-7-6-8-10-28)26(2)30-13-14-31-29-12-11-27-23-34(3,38)21-22-35(27,4)32(29)17-18-36(30,31)5;1-21-10-15-31(33,16-11-21)17-12-22(2)25-8-9-26-24-7-6-23-20-28(3,32)18-19-29(23,4)27(24)13-14-30(25,26)5;1-7-2-4-8(5-3-7)6-9-8;1-6-2-4-7(8)5-3-6;1-3-4-2;1-5(2,3)4;1-2;/h6-10,25-27,29-33,38-39H,11-24H2,1-5H3;21-27,32-33H,6-20H2,1-5H3;7H,2-6H2,1H3;6H,2-5H2,1H3;1,3-4H2,2H3;1-3H3;2H,1H3;/q;;;;-1;;;+1/t25?,26-,27-,29-,30+,31-,32-,33?,34-,35-,36+,37?;21?,22-,23+,24+,25-,26+,27+,28+,29+,30-,31?;;;;;;/m01....../s1. The van der Waals surface area contributed by atoms with E-state index < -0.39 is 31.9 Å². The predicted molar refractivity (Wildman–Crippen MR) is 443 cm³/mol. The van der Waals surface area contributed by atoms with Crippen LogP contribution < -0.4 is 18.9 Å². The monoisotopic (exact) mass is 1600 g/mol. The first-order valence-corrected chi connectivity index (χ1v) is 50.1. The third-order valence-electron chi connectivity index (χ3n) is 32.4. The molecule has 0 aromatic heterocycles. The molecule has 1 aromatic carbocycles. The van der Waals surface area contributed by atoms with Gasteiger partial charge < -0.3 is 37.2 Å². The van der Waals surface area contributed by atoms with Crippen molar-refractivity contribution in [1.29, 1.82) is 0 Å². The molecular formula is C91H160ILiO9S2. The number of carbonyl (C=O) groups is 1. The molecular weight excluding hydrogens is 1430 g/mol. The molecule has 0 amide bonds. The van der Waals surface area contributed by atoms with Gasteiger partial charge in [0.05, 0.1) is 44.8 Å². The van der Waals surface area contributed by atoms with Crippen molar-refractivity contribution in [2.24, 2.45) is 116 Å². The quantitative estimate of drug-likeness (QED) is 0.0628. The molecule has 1 saturated heterocycles. The van der Waals surface area contributed by atoms with Crippen LogP contribution in [-0.2, 0) is 19.4 Å². The molecule has 13 fully saturated rings. The van der Waals surface area contributed by atoms with E-state index >= 15 is 0 Å². The van der Waals surface area contributed by atoms with Gasteiger partial charge in [0.25, 0.3) is 0 Å². The Morgan fingerprint density at radius 2 is 0.913 bits per heavy atom. The van der Waals surface area contributed by atoms with Crippen LogP contribution in [0.1, 0.15) is 340 Å². The van der Waals surface area contributed by atoms with Crippen LogP contribution in [0.5, 0.6) is 0 Å². The average Bonchev–Trinajstić information content (AvgIpc) is 1.29. The average molecular weight is 1600 g/mol. The van der Waals surface area contributed by atoms with E-state index in [1.807, 2.05) is 25.1 Å². The van der Waals surface area contributed by atoms with Gasteiger partial charge >= 0.3 is 18.9 Å². The van der Waals surface area contributed by atoms with E-state index in [1.165, 1.54) is 128 Å². The summed E-state index contributed by atoms with van der Waals surface area (Å²) in [5, 5.41) is 51.1. The fraction of sp³-hybridized carbons (Fsp3) is 0.912. The Balaban J connectivity index is 0.000000213. The summed E-state index contributed by atoms with van der Waals surface area (Å²) in [6.07, 6.45) is 50.9. The summed E-state index contributed by atoms with van der Waals surface area (Å²) in [6.45, 7) is 35.2. The molecule has 12 aliphatic carbocycles. The molecule has 12 saturated carbocycles. The van der Waals surface area contributed by atoms with Crippen LogP contribution in [0.15, 0.2) is 35.2 Å². The largest absolute Gasteiger partial charge is 1.00 e. The molecule has 1 aromatic rings. The van der Waals surface area contributed by atoms with Crippen molar-refractivity contribution >= 4 is 44.0 Å². The number of epoxide rings is 1. The zero-order chi connectivity index (χ0) is 76.0. The van der Waals surface area contributed by atoms with Crippen LogP contribution in [-0.4, -0.2) is 105 Å². The minimum absolute atomic E-state index is 0. The molecule has 1 spiro atoms. The molecule has 1 unspecified atom stereocenters. The number of carbonyl (C=O) groups excluding carboxylic acids is 1. The summed E-state index contributed by atoms with van der Waals surface area (Å²) in [4.78, 5) is 11.0. The zero-order valence-electron chi connectivity index (χ0n) is 70.3. The number of rotatable bonds is 11. The minimum atomic E-state index is -3.60. The van der Waals surface area contributed by atoms with Gasteiger partial charge in [0.15, 0.2) is 9.84 Å². The number of unbranched alkanes of at least 4 members (excludes halogenated alkanes) is 1. The normalized spacial score (nSPS) is 43.8. The summed E-state index contributed by atoms with van der Waals surface area (Å²) in [6, 6.07) is 9.07. The number of aliphatic hydroxyl groups excluding tert-OH is 1. The van der Waals surface area contributed by atoms with Crippen molar-refractivity contribution < 1.29 is 62.3 Å². The smallest absolute Gasteiger partial charge is 0.400 e. The van der Waals surface area contributed by atoms with Crippen molar-refractivity contribution in [3.63, 3.8) is 0 Å². The van der Waals surface area contributed by atoms with Gasteiger partial charge in [0.1, 0.15) is 5.78 Å². The maximum absolute atomic E-state index is 14.4. The van der Waals surface area contributed by atoms with Crippen molar-refractivity contribution in [3.8, 4) is 0 Å². The number of Topliss-reactive ketones (excluding diaryl/α,β-unsaturated/α-hetero) is 1. The van der Waals surface area contributed by atoms with Crippen LogP contribution >= 0.6 is 28.4 Å². The van der Waals surface area contributed by atoms with Crippen LogP contribution in [0.4, 0.5) is 0 Å². The summed E-state index contributed by atoms with van der Waals surface area (Å²) in [5.74, 6) is 11.8. The molecule has 9 nitrogen and oxygen atoms in total. The Hall–Kier alpha value is 0.277. The molecule has 19 atom stereocenters. The predicted octanol–water partition coefficient (Wildman–Crippen LogP) is 20.0. The Morgan fingerprint density at radius 1 is 0.529 bits per heavy atom. The van der Waals surface area contributed by atoms with Gasteiger partial charge in [-0.3, -0.25) is 4.79 Å². The fourth-order valence-electron chi connectivity index (χ4n) is 25.3. The summed E-state index contributed by atoms with van der Waals surface area (Å²) in [7, 11) is -2.79. The maximum Gasteiger partial charge on any atom is 1.00 e. The number of sulfone groups is 1. The Kier molecular flexibility index (Phi) is 33.2. The fourth-order valence-corrected chi connectivity index (χ4v) is 27.4. The van der Waals surface area contributed by atoms with E-state index in [4.69, 9.17) is 9.84 Å². The van der Waals surface area contributed by atoms with Crippen LogP contribution in [0.3, 0.4) is 0 Å². The Labute approximate surface area is 665 Å². The third kappa shape index (κ3) is 22.6. The SMILES string of the molecule is CC1CCC(=O)CC1.CC1CCC(O)(CC([C@@H](C)[C@H]2CC[C@H]3[C@@H]4CC[C@H]5C[C@@](C)(O)CC[C@]5(C)[C@H]4CC[C@]23C)S(=O)(=O)c2ccccc2)CC1.CC1CCC(O)(CC[C@@H](C)[C@H]2CC[C@H]3[C@@H]4CC[C@H]5C[C@@](C)(O)CC[C@]5(C)[C@H]4CC[C@]23C)CC1.CC1CCC2(CC1)CO2.CO.CS(C)(C)I.[CH2-]CCC.[Li+]. The first-order chi connectivity index (χ1) is 48.2. The second-order valence-electron chi connectivity index (χ2n) is 40.9. The van der Waals surface area contributed by atoms with E-state index in [2.05, 4.69) is 130 Å². The van der Waals surface area contributed by atoms with Gasteiger partial charge in [-0.25, -0.2) is 8.42 Å². The topological polar surface area (TPSA) is 165 Å². The molecule has 0 radical (unpaired) electrons. The zero-order valence-corrected chi connectivity index (χ0v) is 74.0. The number of fused-ring (bicyclic) bond motifs is 10. The van der Waals surface area contributed by atoms with Crippen molar-refractivity contribution in [1.82, 2.24) is 0 Å². The van der Waals surface area contributed by atoms with Crippen molar-refractivity contribution in [2.75, 3.05) is 32.5 Å². The van der Waals surface area contributed by atoms with E-state index in [1.54, 1.807) is 12.1 Å². The summed E-state index contributed by atoms with van der Waals surface area (Å²) < 4.78 is 34.2. The first-order valence-electron chi connectivity index (χ1n) is 43.1. The van der Waals surface area contributed by atoms with Crippen LogP contribution in [0.25, 0.3) is 0 Å². The molecule has 0 bridgehead atoms. The van der Waals surface area contributed by atoms with Crippen LogP contribution in [0.2, 0.25) is 0 Å². The second kappa shape index (κ2) is 37.7. The molecule has 14 rings (SSSR count). The summed E-state index contributed by atoms with van der Waals surface area (Å²) >= 11 is 2.46. The third-order valence-corrected chi connectivity index (χ3v) is 34.7. The molecule has 13 aliphatic rings. The van der Waals surface area contributed by atoms with E-state index in [0.717, 1.165) is 182 Å². The number of aliphatic hydroxyl groups is 5. The van der Waals surface area contributed by atoms with Gasteiger partial charge in [-0.15, -0.1) is 0 Å². The molecule has 104 heavy (non-hydrogen) atoms. The summed E-state index contributed by atoms with van der Waals surface area (Å²) in [5.41, 5.74) is -0.305. The molecule has 1 aliphatic heterocycles. The number of halogens is 1. The first kappa shape index (κ1) is 91.5. The molecule has 13 heteroatoms. The van der Waals surface area contributed by atoms with E-state index in [-0.39, 0.29) is 43.0 Å². The minimum Gasteiger partial charge on any atom is -0.400 e. The van der Waals surface area contributed by atoms with Crippen molar-refractivity contribution in [2.45, 2.75) is 379 Å². The number of hydrogen-bond donors (Lipinski definition) is 5. The van der Waals surface area contributed by atoms with Gasteiger partial charge in [0, 0.05) is 20.0 Å². The molecule has 1 heterocycles.